The molecule has 1 N–H and O–H groups in total. The first-order valence-electron chi connectivity index (χ1n) is 9.04. The summed E-state index contributed by atoms with van der Waals surface area (Å²) >= 11 is 1.85. The molecular weight excluding hydrogens is 344 g/mol. The molecule has 0 radical (unpaired) electrons. The molecule has 1 fully saturated rings. The lowest BCUT2D eigenvalue weighted by molar-refractivity contribution is 0.195. The van der Waals surface area contributed by atoms with Gasteiger partial charge in [0.25, 0.3) is 0 Å². The van der Waals surface area contributed by atoms with Gasteiger partial charge in [-0.05, 0) is 24.6 Å². The van der Waals surface area contributed by atoms with E-state index >= 15 is 0 Å². The number of urea groups is 1. The normalized spacial score (nSPS) is 14.3. The number of carbonyl (C=O) groups excluding carboxylic acids is 1. The van der Waals surface area contributed by atoms with Gasteiger partial charge in [0, 0.05) is 50.4 Å². The van der Waals surface area contributed by atoms with E-state index in [4.69, 9.17) is 0 Å². The molecule has 2 heterocycles. The van der Waals surface area contributed by atoms with E-state index in [9.17, 15) is 4.79 Å². The number of thioether (sulfide) groups is 1. The van der Waals surface area contributed by atoms with Crippen molar-refractivity contribution in [3.63, 3.8) is 0 Å². The van der Waals surface area contributed by atoms with Gasteiger partial charge in [-0.2, -0.15) is 11.8 Å². The number of amides is 2. The second kappa shape index (κ2) is 9.48. The summed E-state index contributed by atoms with van der Waals surface area (Å²) in [6.45, 7) is 5.93. The van der Waals surface area contributed by atoms with E-state index in [1.54, 1.807) is 0 Å². The maximum Gasteiger partial charge on any atom is 0.317 e. The minimum absolute atomic E-state index is 0.0432. The summed E-state index contributed by atoms with van der Waals surface area (Å²) in [4.78, 5) is 20.8. The minimum atomic E-state index is 0.0432. The molecule has 3 rings (SSSR count). The van der Waals surface area contributed by atoms with Crippen molar-refractivity contribution in [3.8, 4) is 0 Å². The molecule has 6 heteroatoms. The standard InChI is InChI=1S/C20H26N4OS/c1-17-5-7-18(8-6-17)16-26-15-10-22-20(25)24-13-11-23(12-14-24)19-4-2-3-9-21-19/h2-9H,10-16H2,1H3,(H,22,25). The van der Waals surface area contributed by atoms with E-state index in [1.807, 2.05) is 41.1 Å². The van der Waals surface area contributed by atoms with E-state index in [0.29, 0.717) is 6.54 Å². The van der Waals surface area contributed by atoms with Crippen molar-refractivity contribution in [2.75, 3.05) is 43.4 Å². The highest BCUT2D eigenvalue weighted by Gasteiger charge is 2.21. The molecule has 2 aromatic rings. The highest BCUT2D eigenvalue weighted by molar-refractivity contribution is 7.98. The number of anilines is 1. The Kier molecular flexibility index (Phi) is 6.77. The average Bonchev–Trinajstić information content (AvgIpc) is 2.70. The predicted molar refractivity (Wildman–Crippen MR) is 109 cm³/mol. The van der Waals surface area contributed by atoms with Crippen molar-refractivity contribution >= 4 is 23.6 Å². The molecule has 2 amide bonds. The van der Waals surface area contributed by atoms with Crippen molar-refractivity contribution in [3.05, 3.63) is 59.8 Å². The molecule has 1 aromatic carbocycles. The van der Waals surface area contributed by atoms with E-state index in [2.05, 4.69) is 46.4 Å². The maximum atomic E-state index is 12.3. The number of piperazine rings is 1. The van der Waals surface area contributed by atoms with Crippen LogP contribution in [-0.4, -0.2) is 54.4 Å². The number of benzene rings is 1. The van der Waals surface area contributed by atoms with Crippen LogP contribution in [0.1, 0.15) is 11.1 Å². The number of nitrogens with zero attached hydrogens (tertiary/aromatic N) is 3. The first-order chi connectivity index (χ1) is 12.7. The largest absolute Gasteiger partial charge is 0.353 e. The van der Waals surface area contributed by atoms with Gasteiger partial charge in [0.15, 0.2) is 0 Å². The minimum Gasteiger partial charge on any atom is -0.353 e. The second-order valence-electron chi connectivity index (χ2n) is 6.43. The van der Waals surface area contributed by atoms with E-state index in [-0.39, 0.29) is 6.03 Å². The lowest BCUT2D eigenvalue weighted by atomic mass is 10.2. The Balaban J connectivity index is 1.31. The van der Waals surface area contributed by atoms with Crippen LogP contribution in [0.2, 0.25) is 0 Å². The summed E-state index contributed by atoms with van der Waals surface area (Å²) in [6.07, 6.45) is 1.81. The van der Waals surface area contributed by atoms with Crippen LogP contribution in [0.5, 0.6) is 0 Å². The van der Waals surface area contributed by atoms with Crippen LogP contribution in [0.3, 0.4) is 0 Å². The summed E-state index contributed by atoms with van der Waals surface area (Å²) in [6, 6.07) is 14.6. The molecule has 0 spiro atoms. The zero-order chi connectivity index (χ0) is 18.2. The lowest BCUT2D eigenvalue weighted by Crippen LogP contribution is -2.52. The van der Waals surface area contributed by atoms with Crippen LogP contribution >= 0.6 is 11.8 Å². The van der Waals surface area contributed by atoms with Crippen molar-refractivity contribution in [2.24, 2.45) is 0 Å². The molecule has 5 nitrogen and oxygen atoms in total. The molecule has 1 aliphatic heterocycles. The number of aromatic nitrogens is 1. The Morgan fingerprint density at radius 1 is 1.12 bits per heavy atom. The average molecular weight is 371 g/mol. The third-order valence-corrected chi connectivity index (χ3v) is 5.48. The molecule has 1 saturated heterocycles. The molecule has 1 aromatic heterocycles. The summed E-state index contributed by atoms with van der Waals surface area (Å²) in [7, 11) is 0. The summed E-state index contributed by atoms with van der Waals surface area (Å²) in [5.74, 6) is 2.90. The molecule has 0 aliphatic carbocycles. The van der Waals surface area contributed by atoms with Crippen molar-refractivity contribution in [1.29, 1.82) is 0 Å². The van der Waals surface area contributed by atoms with E-state index in [1.165, 1.54) is 11.1 Å². The van der Waals surface area contributed by atoms with E-state index in [0.717, 1.165) is 43.5 Å². The fraction of sp³-hybridized carbons (Fsp3) is 0.400. The zero-order valence-corrected chi connectivity index (χ0v) is 16.0. The van der Waals surface area contributed by atoms with E-state index < -0.39 is 0 Å². The number of hydrogen-bond acceptors (Lipinski definition) is 4. The van der Waals surface area contributed by atoms with Gasteiger partial charge < -0.3 is 15.1 Å². The van der Waals surface area contributed by atoms with Crippen LogP contribution in [0.15, 0.2) is 48.7 Å². The molecule has 0 bridgehead atoms. The Bertz CT molecular complexity index is 685. The Hall–Kier alpha value is -2.21. The van der Waals surface area contributed by atoms with Gasteiger partial charge in [-0.15, -0.1) is 0 Å². The van der Waals surface area contributed by atoms with Gasteiger partial charge in [-0.25, -0.2) is 9.78 Å². The van der Waals surface area contributed by atoms with Gasteiger partial charge >= 0.3 is 6.03 Å². The van der Waals surface area contributed by atoms with Gasteiger partial charge in [-0.1, -0.05) is 35.9 Å². The lowest BCUT2D eigenvalue weighted by Gasteiger charge is -2.35. The zero-order valence-electron chi connectivity index (χ0n) is 15.2. The van der Waals surface area contributed by atoms with Crippen LogP contribution < -0.4 is 10.2 Å². The van der Waals surface area contributed by atoms with Crippen LogP contribution in [0.4, 0.5) is 10.6 Å². The number of hydrogen-bond donors (Lipinski definition) is 1. The molecule has 0 saturated carbocycles. The van der Waals surface area contributed by atoms with Gasteiger partial charge in [0.05, 0.1) is 0 Å². The summed E-state index contributed by atoms with van der Waals surface area (Å²) in [5, 5.41) is 3.03. The summed E-state index contributed by atoms with van der Waals surface area (Å²) < 4.78 is 0. The Morgan fingerprint density at radius 3 is 2.58 bits per heavy atom. The first kappa shape index (κ1) is 18.6. The van der Waals surface area contributed by atoms with Crippen LogP contribution in [0.25, 0.3) is 0 Å². The van der Waals surface area contributed by atoms with Gasteiger partial charge in [-0.3, -0.25) is 0 Å². The first-order valence-corrected chi connectivity index (χ1v) is 10.2. The number of carbonyl (C=O) groups is 1. The second-order valence-corrected chi connectivity index (χ2v) is 7.54. The SMILES string of the molecule is Cc1ccc(CSCCNC(=O)N2CCN(c3ccccn3)CC2)cc1. The number of nitrogens with one attached hydrogen (secondary N) is 1. The fourth-order valence-corrected chi connectivity index (χ4v) is 3.71. The molecule has 138 valence electrons. The van der Waals surface area contributed by atoms with Crippen LogP contribution in [-0.2, 0) is 5.75 Å². The number of aryl methyl sites for hydroxylation is 1. The molecular formula is C20H26N4OS. The van der Waals surface area contributed by atoms with Crippen molar-refractivity contribution in [1.82, 2.24) is 15.2 Å². The van der Waals surface area contributed by atoms with Crippen LogP contribution in [0, 0.1) is 6.92 Å². The van der Waals surface area contributed by atoms with Crippen molar-refractivity contribution in [2.45, 2.75) is 12.7 Å². The predicted octanol–water partition coefficient (Wildman–Crippen LogP) is 3.16. The molecule has 1 aliphatic rings. The Morgan fingerprint density at radius 2 is 1.88 bits per heavy atom. The maximum absolute atomic E-state index is 12.3. The molecule has 0 unspecified atom stereocenters. The number of rotatable bonds is 6. The number of pyridine rings is 1. The van der Waals surface area contributed by atoms with Gasteiger partial charge in [0.1, 0.15) is 5.82 Å². The smallest absolute Gasteiger partial charge is 0.317 e. The van der Waals surface area contributed by atoms with Crippen molar-refractivity contribution < 1.29 is 4.79 Å². The third-order valence-electron chi connectivity index (χ3n) is 4.45. The molecule has 26 heavy (non-hydrogen) atoms. The fourth-order valence-electron chi connectivity index (χ4n) is 2.90. The highest BCUT2D eigenvalue weighted by Crippen LogP contribution is 2.13. The topological polar surface area (TPSA) is 48.5 Å². The van der Waals surface area contributed by atoms with Gasteiger partial charge in [0.2, 0.25) is 0 Å². The Labute approximate surface area is 159 Å². The highest BCUT2D eigenvalue weighted by atomic mass is 32.2. The quantitative estimate of drug-likeness (QED) is 0.794. The molecule has 0 atom stereocenters. The summed E-state index contributed by atoms with van der Waals surface area (Å²) in [5.41, 5.74) is 2.62. The third kappa shape index (κ3) is 5.39. The monoisotopic (exact) mass is 370 g/mol.